The van der Waals surface area contributed by atoms with Gasteiger partial charge in [0.1, 0.15) is 11.5 Å². The second-order valence-electron chi connectivity index (χ2n) is 3.91. The molecule has 1 aromatic rings. The summed E-state index contributed by atoms with van der Waals surface area (Å²) in [4.78, 5) is 22.3. The van der Waals surface area contributed by atoms with E-state index >= 15 is 0 Å². The third-order valence-corrected chi connectivity index (χ3v) is 2.67. The summed E-state index contributed by atoms with van der Waals surface area (Å²) in [6.45, 7) is -0.200. The van der Waals surface area contributed by atoms with E-state index in [0.29, 0.717) is 17.9 Å². The Hall–Kier alpha value is -2.24. The fourth-order valence-corrected chi connectivity index (χ4v) is 1.54. The van der Waals surface area contributed by atoms with Gasteiger partial charge in [-0.2, -0.15) is 0 Å². The van der Waals surface area contributed by atoms with Crippen LogP contribution in [0, 0.1) is 0 Å². The number of aryl methyl sites for hydroxylation is 1. The molecule has 110 valence electrons. The van der Waals surface area contributed by atoms with E-state index in [2.05, 4.69) is 9.47 Å². The summed E-state index contributed by atoms with van der Waals surface area (Å²) in [5.74, 6) is 0.303. The highest BCUT2D eigenvalue weighted by atomic mass is 16.6. The van der Waals surface area contributed by atoms with E-state index in [1.54, 1.807) is 18.2 Å². The van der Waals surface area contributed by atoms with Crippen molar-refractivity contribution in [2.45, 2.75) is 12.8 Å². The standard InChI is InChI=1S/C14H18O6/c1-17-11-6-4-10(5-7-13(15)18-2)12(8-11)20-9-14(16)19-3/h4,6,8H,5,7,9H2,1-3H3. The maximum atomic E-state index is 11.2. The van der Waals surface area contributed by atoms with Crippen LogP contribution in [0.2, 0.25) is 0 Å². The quantitative estimate of drug-likeness (QED) is 0.703. The molecule has 0 fully saturated rings. The van der Waals surface area contributed by atoms with Gasteiger partial charge in [0.25, 0.3) is 0 Å². The Kier molecular flexibility index (Phi) is 6.36. The van der Waals surface area contributed by atoms with Crippen LogP contribution in [0.3, 0.4) is 0 Å². The number of hydrogen-bond acceptors (Lipinski definition) is 6. The smallest absolute Gasteiger partial charge is 0.343 e. The zero-order valence-corrected chi connectivity index (χ0v) is 11.8. The zero-order chi connectivity index (χ0) is 15.0. The van der Waals surface area contributed by atoms with Gasteiger partial charge in [-0.1, -0.05) is 6.07 Å². The summed E-state index contributed by atoms with van der Waals surface area (Å²) in [5.41, 5.74) is 0.792. The molecule has 20 heavy (non-hydrogen) atoms. The lowest BCUT2D eigenvalue weighted by Crippen LogP contribution is -2.13. The number of esters is 2. The highest BCUT2D eigenvalue weighted by molar-refractivity contribution is 5.71. The summed E-state index contributed by atoms with van der Waals surface area (Å²) in [6.07, 6.45) is 0.685. The first-order valence-electron chi connectivity index (χ1n) is 6.04. The second kappa shape index (κ2) is 8.04. The topological polar surface area (TPSA) is 71.1 Å². The lowest BCUT2D eigenvalue weighted by atomic mass is 10.1. The van der Waals surface area contributed by atoms with Crippen molar-refractivity contribution in [1.29, 1.82) is 0 Å². The number of carbonyl (C=O) groups is 2. The van der Waals surface area contributed by atoms with E-state index in [1.807, 2.05) is 0 Å². The van der Waals surface area contributed by atoms with Crippen LogP contribution in [0.4, 0.5) is 0 Å². The van der Waals surface area contributed by atoms with Crippen LogP contribution in [-0.2, 0) is 25.5 Å². The first kappa shape index (κ1) is 15.8. The predicted molar refractivity (Wildman–Crippen MR) is 70.8 cm³/mol. The van der Waals surface area contributed by atoms with Crippen LogP contribution >= 0.6 is 0 Å². The van der Waals surface area contributed by atoms with Gasteiger partial charge < -0.3 is 18.9 Å². The minimum Gasteiger partial charge on any atom is -0.497 e. The monoisotopic (exact) mass is 282 g/mol. The molecule has 0 aliphatic rings. The van der Waals surface area contributed by atoms with Crippen LogP contribution in [0.1, 0.15) is 12.0 Å². The van der Waals surface area contributed by atoms with Crippen LogP contribution in [0.25, 0.3) is 0 Å². The van der Waals surface area contributed by atoms with Crippen molar-refractivity contribution in [3.8, 4) is 11.5 Å². The van der Waals surface area contributed by atoms with Crippen molar-refractivity contribution >= 4 is 11.9 Å². The van der Waals surface area contributed by atoms with Crippen LogP contribution in [0.5, 0.6) is 11.5 Å². The normalized spacial score (nSPS) is 9.75. The van der Waals surface area contributed by atoms with Gasteiger partial charge in [0.15, 0.2) is 6.61 Å². The largest absolute Gasteiger partial charge is 0.497 e. The molecule has 0 atom stereocenters. The highest BCUT2D eigenvalue weighted by Gasteiger charge is 2.11. The maximum Gasteiger partial charge on any atom is 0.343 e. The Morgan fingerprint density at radius 3 is 2.35 bits per heavy atom. The van der Waals surface area contributed by atoms with Crippen molar-refractivity contribution in [3.05, 3.63) is 23.8 Å². The minimum atomic E-state index is -0.480. The summed E-state index contributed by atoms with van der Waals surface area (Å²) in [5, 5.41) is 0. The number of benzene rings is 1. The van der Waals surface area contributed by atoms with E-state index in [9.17, 15) is 9.59 Å². The maximum absolute atomic E-state index is 11.2. The molecule has 0 bridgehead atoms. The molecule has 0 aromatic heterocycles. The molecule has 0 heterocycles. The van der Waals surface area contributed by atoms with Crippen molar-refractivity contribution in [1.82, 2.24) is 0 Å². The zero-order valence-electron chi connectivity index (χ0n) is 11.8. The van der Waals surface area contributed by atoms with Crippen molar-refractivity contribution in [2.75, 3.05) is 27.9 Å². The average molecular weight is 282 g/mol. The summed E-state index contributed by atoms with van der Waals surface area (Å²) < 4.78 is 19.6. The number of carbonyl (C=O) groups excluding carboxylic acids is 2. The van der Waals surface area contributed by atoms with Gasteiger partial charge in [-0.3, -0.25) is 4.79 Å². The first-order valence-corrected chi connectivity index (χ1v) is 6.04. The Morgan fingerprint density at radius 1 is 1.05 bits per heavy atom. The SMILES string of the molecule is COC(=O)CCc1ccc(OC)cc1OCC(=O)OC. The third kappa shape index (κ3) is 4.79. The minimum absolute atomic E-state index is 0.200. The molecular weight excluding hydrogens is 264 g/mol. The van der Waals surface area contributed by atoms with Crippen molar-refractivity contribution in [2.24, 2.45) is 0 Å². The van der Waals surface area contributed by atoms with E-state index < -0.39 is 5.97 Å². The molecule has 0 aliphatic heterocycles. The van der Waals surface area contributed by atoms with Gasteiger partial charge in [-0.05, 0) is 18.1 Å². The van der Waals surface area contributed by atoms with E-state index in [1.165, 1.54) is 21.3 Å². The number of hydrogen-bond donors (Lipinski definition) is 0. The van der Waals surface area contributed by atoms with Gasteiger partial charge in [-0.25, -0.2) is 4.79 Å². The molecular formula is C14H18O6. The van der Waals surface area contributed by atoms with Crippen molar-refractivity contribution < 1.29 is 28.5 Å². The molecule has 0 amide bonds. The van der Waals surface area contributed by atoms with E-state index in [4.69, 9.17) is 9.47 Å². The van der Waals surface area contributed by atoms with Gasteiger partial charge in [0, 0.05) is 12.5 Å². The molecule has 0 saturated carbocycles. The predicted octanol–water partition coefficient (Wildman–Crippen LogP) is 1.35. The first-order chi connectivity index (χ1) is 9.60. The second-order valence-corrected chi connectivity index (χ2v) is 3.91. The summed E-state index contributed by atoms with van der Waals surface area (Å²) in [6, 6.07) is 5.21. The van der Waals surface area contributed by atoms with Gasteiger partial charge in [0.2, 0.25) is 0 Å². The number of methoxy groups -OCH3 is 3. The summed E-state index contributed by atoms with van der Waals surface area (Å²) >= 11 is 0. The molecule has 0 N–H and O–H groups in total. The Balaban J connectivity index is 2.80. The molecule has 0 radical (unpaired) electrons. The Bertz CT molecular complexity index is 469. The fourth-order valence-electron chi connectivity index (χ4n) is 1.54. The van der Waals surface area contributed by atoms with E-state index in [0.717, 1.165) is 5.56 Å². The molecule has 6 heteroatoms. The van der Waals surface area contributed by atoms with Crippen LogP contribution < -0.4 is 9.47 Å². The molecule has 0 unspecified atom stereocenters. The summed E-state index contributed by atoms with van der Waals surface area (Å²) in [7, 11) is 4.16. The molecule has 0 aliphatic carbocycles. The van der Waals surface area contributed by atoms with E-state index in [-0.39, 0.29) is 19.0 Å². The molecule has 1 rings (SSSR count). The number of rotatable bonds is 7. The number of ether oxygens (including phenoxy) is 4. The van der Waals surface area contributed by atoms with Gasteiger partial charge in [0.05, 0.1) is 21.3 Å². The molecule has 0 spiro atoms. The van der Waals surface area contributed by atoms with Gasteiger partial charge >= 0.3 is 11.9 Å². The van der Waals surface area contributed by atoms with Crippen LogP contribution in [-0.4, -0.2) is 39.9 Å². The Morgan fingerprint density at radius 2 is 1.75 bits per heavy atom. The van der Waals surface area contributed by atoms with Crippen LogP contribution in [0.15, 0.2) is 18.2 Å². The molecule has 6 nitrogen and oxygen atoms in total. The lowest BCUT2D eigenvalue weighted by molar-refractivity contribution is -0.143. The molecule has 0 saturated heterocycles. The molecule has 1 aromatic carbocycles. The fraction of sp³-hybridized carbons (Fsp3) is 0.429. The highest BCUT2D eigenvalue weighted by Crippen LogP contribution is 2.26. The average Bonchev–Trinajstić information content (AvgIpc) is 2.50. The van der Waals surface area contributed by atoms with Crippen molar-refractivity contribution in [3.63, 3.8) is 0 Å². The Labute approximate surface area is 117 Å². The third-order valence-electron chi connectivity index (χ3n) is 2.67. The lowest BCUT2D eigenvalue weighted by Gasteiger charge is -2.12. The van der Waals surface area contributed by atoms with Gasteiger partial charge in [-0.15, -0.1) is 0 Å².